The summed E-state index contributed by atoms with van der Waals surface area (Å²) >= 11 is 0. The molecule has 5 aromatic rings. The lowest BCUT2D eigenvalue weighted by Crippen LogP contribution is -2.60. The van der Waals surface area contributed by atoms with Gasteiger partial charge in [0.25, 0.3) is 0 Å². The Kier molecular flexibility index (Phi) is 58.7. The summed E-state index contributed by atoms with van der Waals surface area (Å²) in [5, 5.41) is 73.7. The summed E-state index contributed by atoms with van der Waals surface area (Å²) in [4.78, 5) is 225. The van der Waals surface area contributed by atoms with E-state index in [-0.39, 0.29) is 114 Å². The lowest BCUT2D eigenvalue weighted by molar-refractivity contribution is -0.142. The van der Waals surface area contributed by atoms with E-state index in [2.05, 4.69) is 91.0 Å². The number of carbonyl (C=O) groups excluding carboxylic acids is 15. The Hall–Kier alpha value is -13.3. The van der Waals surface area contributed by atoms with E-state index in [0.29, 0.717) is 75.6 Å². The molecular formula is C102H157N21O22. The number of hydrogen-bond acceptors (Lipinski definition) is 24. The summed E-state index contributed by atoms with van der Waals surface area (Å²) in [5.41, 5.74) is 26.0. The molecule has 26 N–H and O–H groups in total. The average molecular weight is 2030 g/mol. The first kappa shape index (κ1) is 122. The van der Waals surface area contributed by atoms with Gasteiger partial charge in [0.2, 0.25) is 88.6 Å². The number of likely N-dealkylation sites (N-methyl/N-ethyl adjacent to an activating group) is 1. The number of guanidine groups is 1. The number of para-hydroxylation sites is 1. The Morgan fingerprint density at radius 1 is 0.490 bits per heavy atom. The van der Waals surface area contributed by atoms with Gasteiger partial charge in [-0.3, -0.25) is 86.7 Å². The number of likely N-dealkylation sites (tertiary alicyclic amines) is 1. The molecule has 3 aromatic carbocycles. The van der Waals surface area contributed by atoms with Gasteiger partial charge in [0.1, 0.15) is 78.8 Å². The molecule has 145 heavy (non-hydrogen) atoms. The molecule has 43 heteroatoms. The number of hydrogen-bond donors (Lipinski definition) is 22. The van der Waals surface area contributed by atoms with Gasteiger partial charge in [0.15, 0.2) is 5.96 Å². The number of aliphatic hydroxyl groups excluding tert-OH is 2. The van der Waals surface area contributed by atoms with E-state index < -0.39 is 188 Å². The monoisotopic (exact) mass is 2030 g/mol. The molecule has 15 amide bonds. The van der Waals surface area contributed by atoms with Crippen LogP contribution in [0, 0.1) is 11.8 Å². The van der Waals surface area contributed by atoms with Crippen molar-refractivity contribution < 1.29 is 107 Å². The fraction of sp³-hybridized carbons (Fsp3) is 0.588. The van der Waals surface area contributed by atoms with Crippen molar-refractivity contribution in [2.75, 3.05) is 79.4 Å². The lowest BCUT2D eigenvalue weighted by atomic mass is 9.99. The summed E-state index contributed by atoms with van der Waals surface area (Å²) in [6, 6.07) is 12.0. The van der Waals surface area contributed by atoms with Crippen LogP contribution in [0.4, 0.5) is 0 Å². The number of carbonyl (C=O) groups is 16. The second kappa shape index (κ2) is 69.7. The molecule has 6 rings (SSSR count). The van der Waals surface area contributed by atoms with E-state index in [1.165, 1.54) is 100 Å². The van der Waals surface area contributed by atoms with Crippen LogP contribution in [0.2, 0.25) is 0 Å². The van der Waals surface area contributed by atoms with Crippen LogP contribution in [0.1, 0.15) is 224 Å². The third-order valence-electron chi connectivity index (χ3n) is 24.4. The van der Waals surface area contributed by atoms with Gasteiger partial charge in [-0.25, -0.2) is 0 Å². The number of aliphatic carboxylic acids is 1. The number of amides is 15. The van der Waals surface area contributed by atoms with Crippen LogP contribution in [-0.4, -0.2) is 282 Å². The van der Waals surface area contributed by atoms with Crippen LogP contribution in [0.5, 0.6) is 5.75 Å². The summed E-state index contributed by atoms with van der Waals surface area (Å²) in [7, 11) is 1.31. The number of ether oxygens (including phenoxy) is 2. The molecule has 43 nitrogen and oxygen atoms in total. The van der Waals surface area contributed by atoms with E-state index in [1.54, 1.807) is 45.4 Å². The van der Waals surface area contributed by atoms with Crippen LogP contribution in [0.15, 0.2) is 115 Å². The number of pyridine rings is 1. The number of carboxylic acids is 1. The van der Waals surface area contributed by atoms with Crippen molar-refractivity contribution in [2.45, 2.75) is 294 Å². The van der Waals surface area contributed by atoms with Gasteiger partial charge in [0, 0.05) is 94.2 Å². The number of primary amides is 1. The lowest BCUT2D eigenvalue weighted by Gasteiger charge is -2.30. The van der Waals surface area contributed by atoms with Crippen LogP contribution in [-0.2, 0) is 112 Å². The zero-order valence-corrected chi connectivity index (χ0v) is 84.7. The highest BCUT2D eigenvalue weighted by molar-refractivity contribution is 6.00. The smallest absolute Gasteiger partial charge is 0.303 e. The Morgan fingerprint density at radius 2 is 1.01 bits per heavy atom. The first-order valence-electron chi connectivity index (χ1n) is 50.6. The van der Waals surface area contributed by atoms with Crippen molar-refractivity contribution in [3.63, 3.8) is 0 Å². The molecule has 0 unspecified atom stereocenters. The third-order valence-corrected chi connectivity index (χ3v) is 24.4. The maximum Gasteiger partial charge on any atom is 0.303 e. The molecule has 1 fully saturated rings. The van der Waals surface area contributed by atoms with Crippen LogP contribution >= 0.6 is 0 Å². The maximum absolute atomic E-state index is 14.6. The fourth-order valence-electron chi connectivity index (χ4n) is 16.2. The minimum Gasteiger partial charge on any atom is -0.508 e. The van der Waals surface area contributed by atoms with E-state index in [9.17, 15) is 92.0 Å². The predicted molar refractivity (Wildman–Crippen MR) is 545 cm³/mol. The topological polar surface area (TPSA) is 677 Å². The molecule has 0 bridgehead atoms. The van der Waals surface area contributed by atoms with E-state index in [1.807, 2.05) is 67.6 Å². The largest absolute Gasteiger partial charge is 0.508 e. The first-order chi connectivity index (χ1) is 69.6. The van der Waals surface area contributed by atoms with E-state index in [0.717, 1.165) is 41.3 Å². The van der Waals surface area contributed by atoms with Crippen LogP contribution in [0.3, 0.4) is 0 Å². The molecule has 3 heterocycles. The number of phenolic OH excluding ortho intramolecular Hbond substituents is 1. The molecule has 1 aliphatic rings. The molecule has 1 saturated heterocycles. The number of fused-ring (bicyclic) bond motifs is 1. The number of nitrogens with one attached hydrogen (secondary N) is 14. The number of aromatic amines is 1. The molecule has 802 valence electrons. The number of benzene rings is 3. The summed E-state index contributed by atoms with van der Waals surface area (Å²) in [5.74, 6) is -12.5. The molecule has 0 spiro atoms. The zero-order chi connectivity index (χ0) is 106. The number of aromatic nitrogens is 2. The van der Waals surface area contributed by atoms with Gasteiger partial charge in [-0.2, -0.15) is 0 Å². The third kappa shape index (κ3) is 47.9. The number of nitrogens with zero attached hydrogens (tertiary/aromatic N) is 3. The maximum atomic E-state index is 14.6. The minimum atomic E-state index is -1.66. The van der Waals surface area contributed by atoms with Crippen molar-refractivity contribution in [2.24, 2.45) is 39.8 Å². The number of nitrogens with two attached hydrogens (primary N) is 4. The number of aliphatic imine (C=N–C) groups is 1. The Labute approximate surface area is 848 Å². The first-order valence-corrected chi connectivity index (χ1v) is 50.6. The summed E-state index contributed by atoms with van der Waals surface area (Å²) < 4.78 is 10.8. The Balaban J connectivity index is 0.000000512. The molecule has 2 aromatic heterocycles. The standard InChI is InChI=1S/C53H74N14O8.C49H83N7O14/c1-32(2)45(46(55)69)66-51(74)43-21-13-25-67(43)52(75)40(19-9-10-22-54)62-44(68)31-61-48(71)42(28-36-30-60-38-18-8-7-17-37(36)38)65-49(72)39(20-12-24-59-53(56)57)63-50(73)41(27-34-14-5-4-6-15-34)64-47(70)33(3)26-35-16-11-23-58-29-35;1-4-6-8-9-10-11-12-13-14-15-16-17-18-20-42(60)51-27-28-69-29-30-70-34-43(61)52-40(32-57)48(67)55-39(31-35-21-23-36(59)24-22-35)47(66)56-41(33-58)49(68)53-37(19-7-5-2)46(65)54-38(45(64)50-3)25-26-44(62)63/h4-8,11,14-18,23,29-30,32-33,39-43,45,60H,9-10,12-13,19-22,24-28,31,54H2,1-3H3,(H2,55,69)(H,61,71)(H,62,68)(H,63,73)(H,64,70)(H,65,72)(H,66,74)(H4,56,57,59);21-24,37-41,57-59H,4-20,25-34H2,1-3H3,(H,50,64)(H,51,60)(H,52,61)(H,53,68)(H,54,65)(H,55,67)(H,56,66)(H,62,63)/t33-,39-,40-,41+,42-,43-,45-;37-,38-,39-,40-,41-/m00/s1. The van der Waals surface area contributed by atoms with E-state index in [4.69, 9.17) is 37.5 Å². The van der Waals surface area contributed by atoms with E-state index >= 15 is 0 Å². The molecular weight excluding hydrogens is 1870 g/mol. The van der Waals surface area contributed by atoms with Crippen molar-refractivity contribution in [3.05, 3.63) is 132 Å². The van der Waals surface area contributed by atoms with Crippen molar-refractivity contribution in [1.82, 2.24) is 84.0 Å². The summed E-state index contributed by atoms with van der Waals surface area (Å²) in [6.45, 7) is 7.75. The number of phenols is 1. The van der Waals surface area contributed by atoms with Crippen molar-refractivity contribution >= 4 is 111 Å². The Morgan fingerprint density at radius 3 is 1.58 bits per heavy atom. The quantitative estimate of drug-likeness (QED) is 0.0150. The zero-order valence-electron chi connectivity index (χ0n) is 84.7. The fourth-order valence-corrected chi connectivity index (χ4v) is 16.2. The molecule has 0 saturated carbocycles. The molecule has 0 aliphatic carbocycles. The highest BCUT2D eigenvalue weighted by Gasteiger charge is 2.41. The van der Waals surface area contributed by atoms with Gasteiger partial charge < -0.3 is 132 Å². The highest BCUT2D eigenvalue weighted by atomic mass is 16.5. The van der Waals surface area contributed by atoms with Gasteiger partial charge in [-0.15, -0.1) is 0 Å². The van der Waals surface area contributed by atoms with Crippen LogP contribution in [0.25, 0.3) is 10.9 Å². The molecule has 1 aliphatic heterocycles. The number of unbranched alkanes of at least 4 members (excludes halogenated alkanes) is 14. The number of aliphatic hydroxyl groups is 2. The predicted octanol–water partition coefficient (Wildman–Crippen LogP) is 1.86. The van der Waals surface area contributed by atoms with Gasteiger partial charge in [-0.1, -0.05) is 191 Å². The van der Waals surface area contributed by atoms with Gasteiger partial charge >= 0.3 is 5.97 Å². The van der Waals surface area contributed by atoms with Crippen molar-refractivity contribution in [3.8, 4) is 5.75 Å². The number of aromatic hydroxyl groups is 1. The molecule has 12 atom stereocenters. The number of H-pyrrole nitrogens is 1. The minimum absolute atomic E-state index is 0.0120. The van der Waals surface area contributed by atoms with Gasteiger partial charge in [0.05, 0.1) is 39.6 Å². The SMILES string of the molecule is CC(C)[C@H](NC(=O)[C@@H]1CCCN1C(=O)[C@H](CCCCN)NC(=O)CNC(=O)[C@H](Cc1c[nH]c2ccccc12)NC(=O)[C@H](CCCN=C(N)N)NC(=O)[C@@H](Cc1ccccc1)NC(=O)[C@@H](C)Cc1cccnc1)C(N)=O.CCCCCCCCCCCCCCCC(=O)NCCOCCOCC(=O)N[C@@H](CO)C(=O)N[C@@H](Cc1ccc(O)cc1)C(=O)N[C@@H](CO)C(=O)N[C@@H](CCCC)C(=O)N[C@@H](CCC(=O)O)C(=O)NC. The van der Waals surface area contributed by atoms with Gasteiger partial charge in [-0.05, 0) is 130 Å². The average Bonchev–Trinajstić information content (AvgIpc) is 1.76. The number of carboxylic acid groups (broad SMARTS) is 1. The second-order valence-electron chi connectivity index (χ2n) is 36.6. The normalized spacial score (nSPS) is 14.4. The molecule has 0 radical (unpaired) electrons. The number of rotatable bonds is 71. The Bertz CT molecular complexity index is 4860. The highest BCUT2D eigenvalue weighted by Crippen LogP contribution is 2.24. The van der Waals surface area contributed by atoms with Crippen LogP contribution < -0.4 is 92.1 Å². The summed E-state index contributed by atoms with van der Waals surface area (Å²) in [6.07, 6.45) is 24.5. The van der Waals surface area contributed by atoms with Crippen molar-refractivity contribution in [1.29, 1.82) is 0 Å². The second-order valence-corrected chi connectivity index (χ2v) is 36.6.